The lowest BCUT2D eigenvalue weighted by Crippen LogP contribution is -2.68. The van der Waals surface area contributed by atoms with E-state index < -0.39 is 11.7 Å². The maximum Gasteiger partial charge on any atom is 0.102 e. The molecular weight excluding hydrogens is 256 g/mol. The first kappa shape index (κ1) is 15.7. The van der Waals surface area contributed by atoms with Gasteiger partial charge in [0.15, 0.2) is 0 Å². The SMILES string of the molecule is CO[C@@H]1/C=C(\C)C[C@H](O)[C@]2(O)[C@H](CC2(C)C)/C(CO)=C\1. The van der Waals surface area contributed by atoms with Crippen LogP contribution in [0.4, 0.5) is 0 Å². The minimum atomic E-state index is -1.20. The Balaban J connectivity index is 2.47. The molecule has 1 saturated carbocycles. The molecule has 0 aromatic heterocycles. The highest BCUT2D eigenvalue weighted by molar-refractivity contribution is 5.30. The first-order valence-corrected chi connectivity index (χ1v) is 7.18. The van der Waals surface area contributed by atoms with Crippen LogP contribution in [0.5, 0.6) is 0 Å². The third-order valence-corrected chi connectivity index (χ3v) is 5.08. The minimum absolute atomic E-state index is 0.122. The fourth-order valence-corrected chi connectivity index (χ4v) is 3.75. The van der Waals surface area contributed by atoms with E-state index in [9.17, 15) is 15.3 Å². The van der Waals surface area contributed by atoms with Crippen LogP contribution in [-0.4, -0.2) is 46.8 Å². The molecule has 0 saturated heterocycles. The predicted octanol–water partition coefficient (Wildman–Crippen LogP) is 1.41. The topological polar surface area (TPSA) is 69.9 Å². The van der Waals surface area contributed by atoms with Crippen molar-refractivity contribution in [2.24, 2.45) is 11.3 Å². The smallest absolute Gasteiger partial charge is 0.102 e. The van der Waals surface area contributed by atoms with Crippen LogP contribution in [0.1, 0.15) is 33.6 Å². The van der Waals surface area contributed by atoms with Crippen molar-refractivity contribution in [3.05, 3.63) is 23.3 Å². The van der Waals surface area contributed by atoms with Gasteiger partial charge in [0.25, 0.3) is 0 Å². The minimum Gasteiger partial charge on any atom is -0.392 e. The van der Waals surface area contributed by atoms with Gasteiger partial charge >= 0.3 is 0 Å². The van der Waals surface area contributed by atoms with Crippen molar-refractivity contribution < 1.29 is 20.1 Å². The number of rotatable bonds is 2. The third-order valence-electron chi connectivity index (χ3n) is 5.08. The second kappa shape index (κ2) is 5.26. The molecule has 2 rings (SSSR count). The zero-order valence-electron chi connectivity index (χ0n) is 12.8. The Bertz CT molecular complexity index is 438. The van der Waals surface area contributed by atoms with Crippen LogP contribution < -0.4 is 0 Å². The average Bonchev–Trinajstić information content (AvgIpc) is 2.41. The normalized spacial score (nSPS) is 45.6. The van der Waals surface area contributed by atoms with Crippen molar-refractivity contribution in [1.29, 1.82) is 0 Å². The molecule has 0 heterocycles. The lowest BCUT2D eigenvalue weighted by molar-refractivity contribution is -0.242. The zero-order chi connectivity index (χ0) is 15.1. The summed E-state index contributed by atoms with van der Waals surface area (Å²) in [5, 5.41) is 31.2. The Morgan fingerprint density at radius 2 is 2.00 bits per heavy atom. The Morgan fingerprint density at radius 3 is 2.50 bits per heavy atom. The van der Waals surface area contributed by atoms with E-state index in [0.29, 0.717) is 6.42 Å². The van der Waals surface area contributed by atoms with Crippen molar-refractivity contribution >= 4 is 0 Å². The molecule has 0 aromatic rings. The molecule has 0 aromatic carbocycles. The molecular formula is C16H26O4. The first-order valence-electron chi connectivity index (χ1n) is 7.18. The van der Waals surface area contributed by atoms with Crippen LogP contribution in [0.3, 0.4) is 0 Å². The molecule has 4 atom stereocenters. The highest BCUT2D eigenvalue weighted by Gasteiger charge is 2.63. The number of ether oxygens (including phenoxy) is 1. The molecule has 20 heavy (non-hydrogen) atoms. The predicted molar refractivity (Wildman–Crippen MR) is 77.2 cm³/mol. The molecule has 0 bridgehead atoms. The summed E-state index contributed by atoms with van der Waals surface area (Å²) in [7, 11) is 1.62. The molecule has 0 amide bonds. The van der Waals surface area contributed by atoms with Gasteiger partial charge in [0.05, 0.1) is 18.8 Å². The van der Waals surface area contributed by atoms with Crippen LogP contribution in [0, 0.1) is 11.3 Å². The average molecular weight is 282 g/mol. The van der Waals surface area contributed by atoms with Gasteiger partial charge in [-0.3, -0.25) is 0 Å². The molecule has 2 aliphatic carbocycles. The van der Waals surface area contributed by atoms with Crippen molar-refractivity contribution in [2.75, 3.05) is 13.7 Å². The van der Waals surface area contributed by atoms with Gasteiger partial charge in [0.1, 0.15) is 5.60 Å². The Labute approximate surface area is 120 Å². The van der Waals surface area contributed by atoms with E-state index >= 15 is 0 Å². The van der Waals surface area contributed by atoms with Gasteiger partial charge in [0, 0.05) is 13.0 Å². The monoisotopic (exact) mass is 282 g/mol. The van der Waals surface area contributed by atoms with Crippen molar-refractivity contribution in [3.63, 3.8) is 0 Å². The summed E-state index contributed by atoms with van der Waals surface area (Å²) in [6.45, 7) is 5.73. The highest BCUT2D eigenvalue weighted by atomic mass is 16.5. The summed E-state index contributed by atoms with van der Waals surface area (Å²) >= 11 is 0. The number of fused-ring (bicyclic) bond motifs is 1. The Hall–Kier alpha value is -0.680. The molecule has 4 nitrogen and oxygen atoms in total. The number of methoxy groups -OCH3 is 1. The van der Waals surface area contributed by atoms with Crippen LogP contribution in [0.15, 0.2) is 23.3 Å². The summed E-state index contributed by atoms with van der Waals surface area (Å²) in [5.74, 6) is -0.213. The fourth-order valence-electron chi connectivity index (χ4n) is 3.75. The van der Waals surface area contributed by atoms with E-state index in [4.69, 9.17) is 4.74 Å². The summed E-state index contributed by atoms with van der Waals surface area (Å²) in [6, 6.07) is 0. The van der Waals surface area contributed by atoms with E-state index in [-0.39, 0.29) is 24.0 Å². The van der Waals surface area contributed by atoms with Crippen molar-refractivity contribution in [3.8, 4) is 0 Å². The van der Waals surface area contributed by atoms with E-state index in [1.54, 1.807) is 7.11 Å². The van der Waals surface area contributed by atoms with Gasteiger partial charge in [-0.2, -0.15) is 0 Å². The van der Waals surface area contributed by atoms with Gasteiger partial charge in [-0.1, -0.05) is 31.6 Å². The maximum atomic E-state index is 11.1. The quantitative estimate of drug-likeness (QED) is 0.670. The van der Waals surface area contributed by atoms with Gasteiger partial charge in [0.2, 0.25) is 0 Å². The summed E-state index contributed by atoms with van der Waals surface area (Å²) in [4.78, 5) is 0. The number of hydrogen-bond donors (Lipinski definition) is 3. The van der Waals surface area contributed by atoms with Crippen molar-refractivity contribution in [1.82, 2.24) is 0 Å². The molecule has 2 aliphatic rings. The second-order valence-corrected chi connectivity index (χ2v) is 6.80. The molecule has 0 aliphatic heterocycles. The number of hydrogen-bond acceptors (Lipinski definition) is 4. The van der Waals surface area contributed by atoms with E-state index in [1.807, 2.05) is 32.9 Å². The molecule has 0 spiro atoms. The molecule has 0 unspecified atom stereocenters. The zero-order valence-corrected chi connectivity index (χ0v) is 12.8. The lowest BCUT2D eigenvalue weighted by atomic mass is 9.48. The second-order valence-electron chi connectivity index (χ2n) is 6.80. The highest BCUT2D eigenvalue weighted by Crippen LogP contribution is 2.59. The Morgan fingerprint density at radius 1 is 1.35 bits per heavy atom. The third kappa shape index (κ3) is 2.25. The van der Waals surface area contributed by atoms with Crippen molar-refractivity contribution in [2.45, 2.75) is 51.4 Å². The number of aliphatic hydroxyl groups excluding tert-OH is 2. The largest absolute Gasteiger partial charge is 0.392 e. The Kier molecular flexibility index (Phi) is 4.13. The fraction of sp³-hybridized carbons (Fsp3) is 0.750. The number of aliphatic hydroxyl groups is 3. The van der Waals surface area contributed by atoms with Gasteiger partial charge in [-0.05, 0) is 30.8 Å². The summed E-state index contributed by atoms with van der Waals surface area (Å²) < 4.78 is 5.39. The van der Waals surface area contributed by atoms with Crippen LogP contribution in [0.2, 0.25) is 0 Å². The van der Waals surface area contributed by atoms with Gasteiger partial charge < -0.3 is 20.1 Å². The van der Waals surface area contributed by atoms with Gasteiger partial charge in [-0.25, -0.2) is 0 Å². The maximum absolute atomic E-state index is 11.1. The lowest BCUT2D eigenvalue weighted by Gasteiger charge is -2.61. The van der Waals surface area contributed by atoms with Crippen LogP contribution in [-0.2, 0) is 4.74 Å². The molecule has 3 N–H and O–H groups in total. The van der Waals surface area contributed by atoms with E-state index in [2.05, 4.69) is 0 Å². The van der Waals surface area contributed by atoms with Crippen LogP contribution >= 0.6 is 0 Å². The van der Waals surface area contributed by atoms with E-state index in [1.165, 1.54) is 0 Å². The molecule has 1 fully saturated rings. The molecule has 4 heteroatoms. The van der Waals surface area contributed by atoms with Crippen LogP contribution in [0.25, 0.3) is 0 Å². The summed E-state index contributed by atoms with van der Waals surface area (Å²) in [5.41, 5.74) is 0.177. The van der Waals surface area contributed by atoms with E-state index in [0.717, 1.165) is 17.6 Å². The summed E-state index contributed by atoms with van der Waals surface area (Å²) in [6.07, 6.45) is 3.91. The van der Waals surface area contributed by atoms with Gasteiger partial charge in [-0.15, -0.1) is 0 Å². The first-order chi connectivity index (χ1) is 9.26. The molecule has 0 radical (unpaired) electrons. The molecule has 114 valence electrons. The standard InChI is InChI=1S/C16H26O4/c1-10-5-12(20-4)7-11(9-17)13-8-15(2,3)16(13,19)14(18)6-10/h5,7,12-14,17-19H,6,8-9H2,1-4H3/b10-5+,11-7-/t12-,13-,14+,16-/m1/s1.